The molecule has 0 amide bonds. The number of hydrogen-bond donors (Lipinski definition) is 1. The molecule has 0 spiro atoms. The van der Waals surface area contributed by atoms with Crippen molar-refractivity contribution in [2.45, 2.75) is 26.7 Å². The van der Waals surface area contributed by atoms with E-state index < -0.39 is 10.0 Å². The van der Waals surface area contributed by atoms with Gasteiger partial charge in [0.1, 0.15) is 11.6 Å². The van der Waals surface area contributed by atoms with E-state index in [4.69, 9.17) is 4.74 Å². The highest BCUT2D eigenvalue weighted by Crippen LogP contribution is 2.13. The molecule has 1 fully saturated rings. The van der Waals surface area contributed by atoms with Crippen LogP contribution in [0, 0.1) is 6.92 Å². The molecule has 0 unspecified atom stereocenters. The molecule has 1 aromatic heterocycles. The van der Waals surface area contributed by atoms with Crippen LogP contribution >= 0.6 is 0 Å². The Kier molecular flexibility index (Phi) is 5.71. The van der Waals surface area contributed by atoms with Gasteiger partial charge in [-0.15, -0.1) is 0 Å². The molecular weight excluding hydrogens is 304 g/mol. The Balaban J connectivity index is 1.93. The Labute approximate surface area is 132 Å². The smallest absolute Gasteiger partial charge is 0.215 e. The first-order valence-corrected chi connectivity index (χ1v) is 9.14. The second-order valence-electron chi connectivity index (χ2n) is 5.66. The van der Waals surface area contributed by atoms with Crippen molar-refractivity contribution in [2.24, 2.45) is 0 Å². The van der Waals surface area contributed by atoms with Crippen LogP contribution in [0.2, 0.25) is 0 Å². The number of hydrogen-bond acceptors (Lipinski definition) is 6. The molecule has 22 heavy (non-hydrogen) atoms. The van der Waals surface area contributed by atoms with Gasteiger partial charge in [-0.3, -0.25) is 0 Å². The molecule has 0 aliphatic carbocycles. The third-order valence-corrected chi connectivity index (χ3v) is 5.29. The van der Waals surface area contributed by atoms with Crippen molar-refractivity contribution in [3.63, 3.8) is 0 Å². The average molecular weight is 328 g/mol. The first-order chi connectivity index (χ1) is 10.4. The predicted molar refractivity (Wildman–Crippen MR) is 85.5 cm³/mol. The van der Waals surface area contributed by atoms with E-state index in [1.807, 2.05) is 26.8 Å². The maximum atomic E-state index is 12.2. The summed E-state index contributed by atoms with van der Waals surface area (Å²) in [5, 5.41) is 3.09. The van der Waals surface area contributed by atoms with E-state index in [0.717, 1.165) is 11.5 Å². The van der Waals surface area contributed by atoms with Gasteiger partial charge in [0.2, 0.25) is 10.0 Å². The summed E-state index contributed by atoms with van der Waals surface area (Å²) >= 11 is 0. The lowest BCUT2D eigenvalue weighted by atomic mass is 10.2. The highest BCUT2D eigenvalue weighted by atomic mass is 32.2. The molecule has 1 aromatic rings. The molecule has 7 nitrogen and oxygen atoms in total. The summed E-state index contributed by atoms with van der Waals surface area (Å²) in [5.41, 5.74) is 0.872. The average Bonchev–Trinajstić information content (AvgIpc) is 2.47. The summed E-state index contributed by atoms with van der Waals surface area (Å²) in [7, 11) is -3.24. The fourth-order valence-electron chi connectivity index (χ4n) is 2.20. The van der Waals surface area contributed by atoms with Crippen LogP contribution in [0.25, 0.3) is 0 Å². The van der Waals surface area contributed by atoms with Crippen LogP contribution in [0.1, 0.15) is 31.3 Å². The standard InChI is InChI=1S/C14H24N4O3S/c1-11(2)14-16-12(3)10-13(17-14)15-4-9-22(19,20)18-5-7-21-8-6-18/h10-11H,4-9H2,1-3H3,(H,15,16,17). The van der Waals surface area contributed by atoms with Crippen LogP contribution < -0.4 is 5.32 Å². The maximum absolute atomic E-state index is 12.2. The largest absolute Gasteiger partial charge is 0.379 e. The van der Waals surface area contributed by atoms with Crippen LogP contribution in [-0.4, -0.2) is 61.3 Å². The number of anilines is 1. The summed E-state index contributed by atoms with van der Waals surface area (Å²) < 4.78 is 31.1. The van der Waals surface area contributed by atoms with Crippen LogP contribution in [0.5, 0.6) is 0 Å². The number of sulfonamides is 1. The summed E-state index contributed by atoms with van der Waals surface area (Å²) in [6.45, 7) is 8.10. The van der Waals surface area contributed by atoms with Crippen LogP contribution in [0.4, 0.5) is 5.82 Å². The van der Waals surface area contributed by atoms with Crippen molar-refractivity contribution in [3.05, 3.63) is 17.6 Å². The Morgan fingerprint density at radius 3 is 2.64 bits per heavy atom. The number of rotatable bonds is 6. The summed E-state index contributed by atoms with van der Waals surface area (Å²) in [5.74, 6) is 1.72. The van der Waals surface area contributed by atoms with Gasteiger partial charge in [-0.1, -0.05) is 13.8 Å². The zero-order valence-corrected chi connectivity index (χ0v) is 14.2. The fourth-order valence-corrected chi connectivity index (χ4v) is 3.53. The summed E-state index contributed by atoms with van der Waals surface area (Å²) in [6.07, 6.45) is 0. The molecule has 0 atom stereocenters. The fraction of sp³-hybridized carbons (Fsp3) is 0.714. The van der Waals surface area contributed by atoms with Crippen LogP contribution in [0.15, 0.2) is 6.07 Å². The molecule has 2 rings (SSSR count). The first-order valence-electron chi connectivity index (χ1n) is 7.53. The second-order valence-corrected chi connectivity index (χ2v) is 7.75. The number of nitrogens with zero attached hydrogens (tertiary/aromatic N) is 3. The van der Waals surface area contributed by atoms with E-state index in [0.29, 0.717) is 38.7 Å². The number of morpholine rings is 1. The Hall–Kier alpha value is -1.25. The quantitative estimate of drug-likeness (QED) is 0.838. The lowest BCUT2D eigenvalue weighted by molar-refractivity contribution is 0.0731. The van der Waals surface area contributed by atoms with Gasteiger partial charge in [0.25, 0.3) is 0 Å². The third kappa shape index (κ3) is 4.62. The van der Waals surface area contributed by atoms with E-state index in [1.165, 1.54) is 4.31 Å². The lowest BCUT2D eigenvalue weighted by Crippen LogP contribution is -2.42. The van der Waals surface area contributed by atoms with Gasteiger partial charge in [-0.2, -0.15) is 4.31 Å². The van der Waals surface area contributed by atoms with E-state index in [-0.39, 0.29) is 11.7 Å². The monoisotopic (exact) mass is 328 g/mol. The Morgan fingerprint density at radius 2 is 2.00 bits per heavy atom. The molecule has 0 bridgehead atoms. The van der Waals surface area contributed by atoms with Gasteiger partial charge in [-0.05, 0) is 6.92 Å². The SMILES string of the molecule is Cc1cc(NCCS(=O)(=O)N2CCOCC2)nc(C(C)C)n1. The minimum Gasteiger partial charge on any atom is -0.379 e. The van der Waals surface area contributed by atoms with Gasteiger partial charge >= 0.3 is 0 Å². The molecule has 124 valence electrons. The number of ether oxygens (including phenoxy) is 1. The number of nitrogens with one attached hydrogen (secondary N) is 1. The topological polar surface area (TPSA) is 84.4 Å². The molecule has 1 aliphatic rings. The maximum Gasteiger partial charge on any atom is 0.215 e. The Bertz CT molecular complexity index is 598. The molecule has 0 saturated carbocycles. The van der Waals surface area contributed by atoms with Crippen molar-refractivity contribution < 1.29 is 13.2 Å². The molecule has 2 heterocycles. The molecule has 0 radical (unpaired) electrons. The van der Waals surface area contributed by atoms with Gasteiger partial charge in [0, 0.05) is 37.3 Å². The van der Waals surface area contributed by atoms with Crippen LogP contribution in [0.3, 0.4) is 0 Å². The minimum absolute atomic E-state index is 0.0487. The van der Waals surface area contributed by atoms with E-state index in [2.05, 4.69) is 15.3 Å². The second kappa shape index (κ2) is 7.34. The summed E-state index contributed by atoms with van der Waals surface area (Å²) in [4.78, 5) is 8.79. The molecule has 1 N–H and O–H groups in total. The van der Waals surface area contributed by atoms with E-state index in [9.17, 15) is 8.42 Å². The minimum atomic E-state index is -3.24. The van der Waals surface area contributed by atoms with Gasteiger partial charge in [-0.25, -0.2) is 18.4 Å². The van der Waals surface area contributed by atoms with Crippen molar-refractivity contribution in [2.75, 3.05) is 43.9 Å². The Morgan fingerprint density at radius 1 is 1.32 bits per heavy atom. The van der Waals surface area contributed by atoms with Crippen molar-refractivity contribution in [3.8, 4) is 0 Å². The molecule has 1 saturated heterocycles. The number of aromatic nitrogens is 2. The number of aryl methyl sites for hydroxylation is 1. The third-order valence-electron chi connectivity index (χ3n) is 3.42. The van der Waals surface area contributed by atoms with Gasteiger partial charge in [0.15, 0.2) is 0 Å². The molecular formula is C14H24N4O3S. The van der Waals surface area contributed by atoms with Crippen LogP contribution in [-0.2, 0) is 14.8 Å². The van der Waals surface area contributed by atoms with Crippen molar-refractivity contribution in [1.82, 2.24) is 14.3 Å². The highest BCUT2D eigenvalue weighted by Gasteiger charge is 2.23. The van der Waals surface area contributed by atoms with Crippen molar-refractivity contribution in [1.29, 1.82) is 0 Å². The van der Waals surface area contributed by atoms with E-state index >= 15 is 0 Å². The normalized spacial score (nSPS) is 16.9. The molecule has 8 heteroatoms. The first kappa shape index (κ1) is 17.1. The molecule has 0 aromatic carbocycles. The van der Waals surface area contributed by atoms with Gasteiger partial charge < -0.3 is 10.1 Å². The zero-order chi connectivity index (χ0) is 16.2. The van der Waals surface area contributed by atoms with E-state index in [1.54, 1.807) is 0 Å². The lowest BCUT2D eigenvalue weighted by Gasteiger charge is -2.26. The molecule has 1 aliphatic heterocycles. The van der Waals surface area contributed by atoms with Gasteiger partial charge in [0.05, 0.1) is 19.0 Å². The summed E-state index contributed by atoms with van der Waals surface area (Å²) in [6, 6.07) is 1.83. The zero-order valence-electron chi connectivity index (χ0n) is 13.4. The highest BCUT2D eigenvalue weighted by molar-refractivity contribution is 7.89. The van der Waals surface area contributed by atoms with Crippen molar-refractivity contribution >= 4 is 15.8 Å². The predicted octanol–water partition coefficient (Wildman–Crippen LogP) is 0.982.